The van der Waals surface area contributed by atoms with Gasteiger partial charge >= 0.3 is 0 Å². The summed E-state index contributed by atoms with van der Waals surface area (Å²) in [5.41, 5.74) is 2.01. The Morgan fingerprint density at radius 2 is 2.04 bits per heavy atom. The van der Waals surface area contributed by atoms with E-state index in [1.807, 2.05) is 44.2 Å². The van der Waals surface area contributed by atoms with Gasteiger partial charge in [-0.05, 0) is 19.4 Å². The monoisotopic (exact) mass is 347 g/mol. The minimum atomic E-state index is -0.414. The fraction of sp³-hybridized carbons (Fsp3) is 0.200. The molecule has 1 N–H and O–H groups in total. The van der Waals surface area contributed by atoms with Crippen molar-refractivity contribution in [2.24, 2.45) is 0 Å². The fourth-order valence-electron chi connectivity index (χ4n) is 1.98. The summed E-state index contributed by atoms with van der Waals surface area (Å²) in [6.45, 7) is 4.30. The van der Waals surface area contributed by atoms with Gasteiger partial charge in [-0.1, -0.05) is 47.1 Å². The number of benzene rings is 1. The molecule has 2 heterocycles. The third-order valence-electron chi connectivity index (χ3n) is 3.31. The van der Waals surface area contributed by atoms with E-state index in [2.05, 4.69) is 20.6 Å². The summed E-state index contributed by atoms with van der Waals surface area (Å²) in [6.07, 6.45) is 0. The van der Waals surface area contributed by atoms with Gasteiger partial charge in [-0.3, -0.25) is 10.1 Å². The molecule has 0 saturated heterocycles. The third-order valence-corrected chi connectivity index (χ3v) is 4.68. The zero-order valence-corrected chi connectivity index (χ0v) is 14.1. The number of rotatable bonds is 4. The number of nitrogens with one attached hydrogen (secondary N) is 1. The number of nitrogens with zero attached hydrogens (tertiary/aromatic N) is 4. The Morgan fingerprint density at radius 3 is 2.70 bits per heavy atom. The second-order valence-corrected chi connectivity index (χ2v) is 6.55. The van der Waals surface area contributed by atoms with Crippen molar-refractivity contribution < 1.29 is 4.79 Å². The van der Waals surface area contributed by atoms with Crippen LogP contribution in [0.15, 0.2) is 30.3 Å². The summed E-state index contributed by atoms with van der Waals surface area (Å²) in [5.74, 6) is -0.414. The molecule has 6 nitrogen and oxygen atoms in total. The number of hydrogen-bond acceptors (Lipinski definition) is 5. The summed E-state index contributed by atoms with van der Waals surface area (Å²) in [7, 11) is 0. The maximum Gasteiger partial charge on any atom is 0.281 e. The predicted octanol–water partition coefficient (Wildman–Crippen LogP) is 3.31. The van der Waals surface area contributed by atoms with Crippen LogP contribution in [0.4, 0.5) is 5.13 Å². The molecule has 0 aliphatic carbocycles. The molecule has 0 saturated carbocycles. The van der Waals surface area contributed by atoms with Crippen molar-refractivity contribution in [2.45, 2.75) is 20.4 Å². The lowest BCUT2D eigenvalue weighted by Crippen LogP contribution is -2.13. The van der Waals surface area contributed by atoms with Gasteiger partial charge in [0.1, 0.15) is 0 Å². The molecule has 1 aromatic carbocycles. The van der Waals surface area contributed by atoms with Crippen LogP contribution in [-0.2, 0) is 6.54 Å². The number of hydrogen-bond donors (Lipinski definition) is 1. The van der Waals surface area contributed by atoms with Gasteiger partial charge in [-0.15, -0.1) is 16.4 Å². The molecule has 0 unspecified atom stereocenters. The van der Waals surface area contributed by atoms with Crippen LogP contribution >= 0.6 is 22.9 Å². The van der Waals surface area contributed by atoms with Crippen molar-refractivity contribution in [2.75, 3.05) is 5.32 Å². The highest BCUT2D eigenvalue weighted by Gasteiger charge is 2.19. The molecule has 0 aliphatic heterocycles. The Bertz CT molecular complexity index is 823. The molecule has 118 valence electrons. The Morgan fingerprint density at radius 1 is 1.30 bits per heavy atom. The first kappa shape index (κ1) is 15.6. The number of halogens is 1. The Kier molecular flexibility index (Phi) is 4.40. The van der Waals surface area contributed by atoms with Crippen LogP contribution in [-0.4, -0.2) is 25.9 Å². The Hall–Kier alpha value is -2.25. The average molecular weight is 348 g/mol. The highest BCUT2D eigenvalue weighted by atomic mass is 35.5. The van der Waals surface area contributed by atoms with Crippen LogP contribution in [0.1, 0.15) is 26.6 Å². The molecule has 3 rings (SSSR count). The number of amides is 1. The van der Waals surface area contributed by atoms with Gasteiger partial charge in [-0.2, -0.15) is 0 Å². The normalized spacial score (nSPS) is 10.7. The maximum atomic E-state index is 12.3. The molecule has 3 aromatic rings. The molecule has 23 heavy (non-hydrogen) atoms. The van der Waals surface area contributed by atoms with Gasteiger partial charge in [0.15, 0.2) is 16.0 Å². The molecular weight excluding hydrogens is 334 g/mol. The fourth-order valence-corrected chi connectivity index (χ4v) is 3.01. The smallest absolute Gasteiger partial charge is 0.281 e. The molecule has 0 bridgehead atoms. The van der Waals surface area contributed by atoms with Gasteiger partial charge in [0.05, 0.1) is 12.2 Å². The Balaban J connectivity index is 1.77. The van der Waals surface area contributed by atoms with Crippen LogP contribution < -0.4 is 5.32 Å². The lowest BCUT2D eigenvalue weighted by atomic mass is 10.2. The summed E-state index contributed by atoms with van der Waals surface area (Å²) >= 11 is 7.64. The van der Waals surface area contributed by atoms with Crippen LogP contribution in [0.2, 0.25) is 5.15 Å². The van der Waals surface area contributed by atoms with Crippen LogP contribution in [0, 0.1) is 13.8 Å². The molecule has 0 spiro atoms. The minimum Gasteiger partial charge on any atom is -0.296 e. The molecule has 1 amide bonds. The van der Waals surface area contributed by atoms with E-state index in [1.165, 1.54) is 16.0 Å². The summed E-state index contributed by atoms with van der Waals surface area (Å²) < 4.78 is 1.49. The van der Waals surface area contributed by atoms with Crippen molar-refractivity contribution in [1.29, 1.82) is 0 Å². The van der Waals surface area contributed by atoms with E-state index < -0.39 is 5.91 Å². The first-order chi connectivity index (χ1) is 11.0. The SMILES string of the molecule is Cc1nc(NC(=O)c2nnn(Cc3ccccc3)c2Cl)sc1C. The number of thiazole rings is 1. The largest absolute Gasteiger partial charge is 0.296 e. The van der Waals surface area contributed by atoms with Crippen molar-refractivity contribution in [1.82, 2.24) is 20.0 Å². The summed E-state index contributed by atoms with van der Waals surface area (Å²) in [5, 5.41) is 11.3. The molecule has 2 aromatic heterocycles. The summed E-state index contributed by atoms with van der Waals surface area (Å²) in [4.78, 5) is 17.6. The second-order valence-electron chi connectivity index (χ2n) is 4.99. The second kappa shape index (κ2) is 6.47. The number of aromatic nitrogens is 4. The van der Waals surface area contributed by atoms with Gasteiger partial charge in [-0.25, -0.2) is 9.67 Å². The molecule has 0 atom stereocenters. The van der Waals surface area contributed by atoms with Crippen molar-refractivity contribution in [3.63, 3.8) is 0 Å². The van der Waals surface area contributed by atoms with E-state index in [1.54, 1.807) is 0 Å². The molecule has 0 radical (unpaired) electrons. The van der Waals surface area contributed by atoms with Gasteiger partial charge in [0.25, 0.3) is 5.91 Å². The van der Waals surface area contributed by atoms with Crippen LogP contribution in [0.5, 0.6) is 0 Å². The quantitative estimate of drug-likeness (QED) is 0.785. The zero-order chi connectivity index (χ0) is 16.4. The number of anilines is 1. The molecule has 8 heteroatoms. The van der Waals surface area contributed by atoms with Gasteiger partial charge in [0, 0.05) is 4.88 Å². The summed E-state index contributed by atoms with van der Waals surface area (Å²) in [6, 6.07) is 9.71. The molecule has 0 fully saturated rings. The average Bonchev–Trinajstić information content (AvgIpc) is 3.04. The van der Waals surface area contributed by atoms with Crippen molar-refractivity contribution >= 4 is 34.0 Å². The highest BCUT2D eigenvalue weighted by Crippen LogP contribution is 2.22. The number of carbonyl (C=O) groups excluding carboxylic acids is 1. The molecule has 0 aliphatic rings. The number of carbonyl (C=O) groups is 1. The number of aryl methyl sites for hydroxylation is 2. The standard InChI is InChI=1S/C15H14ClN5OS/c1-9-10(2)23-15(17-9)18-14(22)12-13(16)21(20-19-12)8-11-6-4-3-5-7-11/h3-7H,8H2,1-2H3,(H,17,18,22). The molecular formula is C15H14ClN5OS. The van der Waals surface area contributed by atoms with Crippen molar-refractivity contribution in [3.05, 3.63) is 57.3 Å². The van der Waals surface area contributed by atoms with E-state index in [0.717, 1.165) is 16.1 Å². The zero-order valence-electron chi connectivity index (χ0n) is 12.6. The predicted molar refractivity (Wildman–Crippen MR) is 90.1 cm³/mol. The highest BCUT2D eigenvalue weighted by molar-refractivity contribution is 7.15. The first-order valence-corrected chi connectivity index (χ1v) is 8.12. The lowest BCUT2D eigenvalue weighted by molar-refractivity contribution is 0.102. The Labute approximate surface area is 142 Å². The van der Waals surface area contributed by atoms with E-state index >= 15 is 0 Å². The van der Waals surface area contributed by atoms with E-state index in [0.29, 0.717) is 11.7 Å². The van der Waals surface area contributed by atoms with Gasteiger partial charge in [0.2, 0.25) is 0 Å². The van der Waals surface area contributed by atoms with Crippen LogP contribution in [0.3, 0.4) is 0 Å². The van der Waals surface area contributed by atoms with E-state index in [4.69, 9.17) is 11.6 Å². The van der Waals surface area contributed by atoms with Crippen molar-refractivity contribution in [3.8, 4) is 0 Å². The third kappa shape index (κ3) is 3.40. The minimum absolute atomic E-state index is 0.0908. The lowest BCUT2D eigenvalue weighted by Gasteiger charge is -2.02. The van der Waals surface area contributed by atoms with Crippen LogP contribution in [0.25, 0.3) is 0 Å². The topological polar surface area (TPSA) is 72.7 Å². The van der Waals surface area contributed by atoms with E-state index in [-0.39, 0.29) is 10.8 Å². The first-order valence-electron chi connectivity index (χ1n) is 6.93. The maximum absolute atomic E-state index is 12.3. The van der Waals surface area contributed by atoms with E-state index in [9.17, 15) is 4.79 Å². The van der Waals surface area contributed by atoms with Gasteiger partial charge < -0.3 is 0 Å².